The molecule has 5 nitrogen and oxygen atoms in total. The molecular weight excluding hydrogens is 222 g/mol. The maximum absolute atomic E-state index is 11.1. The molecule has 1 heterocycles. The molecule has 0 aliphatic rings. The average Bonchev–Trinajstić information content (AvgIpc) is 2.78. The van der Waals surface area contributed by atoms with Crippen LogP contribution in [-0.2, 0) is 14.3 Å². The van der Waals surface area contributed by atoms with E-state index in [-0.39, 0.29) is 24.5 Å². The van der Waals surface area contributed by atoms with Crippen molar-refractivity contribution in [2.45, 2.75) is 19.8 Å². The molecule has 0 saturated heterocycles. The Morgan fingerprint density at radius 3 is 2.88 bits per heavy atom. The van der Waals surface area contributed by atoms with Gasteiger partial charge in [0.25, 0.3) is 0 Å². The van der Waals surface area contributed by atoms with Gasteiger partial charge in [-0.05, 0) is 19.1 Å². The van der Waals surface area contributed by atoms with Crippen LogP contribution in [0.5, 0.6) is 0 Å². The Labute approximate surface area is 98.7 Å². The van der Waals surface area contributed by atoms with E-state index >= 15 is 0 Å². The zero-order valence-corrected chi connectivity index (χ0v) is 9.51. The van der Waals surface area contributed by atoms with Crippen molar-refractivity contribution in [2.75, 3.05) is 6.61 Å². The van der Waals surface area contributed by atoms with Crippen molar-refractivity contribution < 1.29 is 19.1 Å². The highest BCUT2D eigenvalue weighted by atomic mass is 16.5. The van der Waals surface area contributed by atoms with Gasteiger partial charge in [-0.25, -0.2) is 4.79 Å². The van der Waals surface area contributed by atoms with Crippen LogP contribution in [0, 0.1) is 0 Å². The summed E-state index contributed by atoms with van der Waals surface area (Å²) in [7, 11) is 0. The maximum Gasteiger partial charge on any atom is 0.306 e. The van der Waals surface area contributed by atoms with Crippen LogP contribution in [0.1, 0.15) is 30.3 Å². The largest absolute Gasteiger partial charge is 0.466 e. The number of carbonyl (C=O) groups is 2. The van der Waals surface area contributed by atoms with E-state index in [4.69, 9.17) is 4.74 Å². The predicted octanol–water partition coefficient (Wildman–Crippen LogP) is 1.32. The Hall–Kier alpha value is -2.13. The second-order valence-electron chi connectivity index (χ2n) is 3.27. The van der Waals surface area contributed by atoms with Gasteiger partial charge in [-0.3, -0.25) is 9.59 Å². The van der Waals surface area contributed by atoms with Gasteiger partial charge in [0, 0.05) is 12.6 Å². The topological polar surface area (TPSA) is 65.4 Å². The summed E-state index contributed by atoms with van der Waals surface area (Å²) in [5.41, 5.74) is 0.595. The lowest BCUT2D eigenvalue weighted by Crippen LogP contribution is -2.07. The van der Waals surface area contributed by atoms with Crippen molar-refractivity contribution in [3.8, 4) is 0 Å². The number of hydrogen-bond acceptors (Lipinski definition) is 4. The molecule has 0 fully saturated rings. The molecular formula is C12H13NO4. The first kappa shape index (κ1) is 12.9. The summed E-state index contributed by atoms with van der Waals surface area (Å²) in [4.78, 5) is 32.6. The summed E-state index contributed by atoms with van der Waals surface area (Å²) in [6.07, 6.45) is 2.50. The van der Waals surface area contributed by atoms with Crippen molar-refractivity contribution >= 4 is 23.9 Å². The molecule has 0 spiro atoms. The lowest BCUT2D eigenvalue weighted by atomic mass is 10.2. The maximum atomic E-state index is 11.1. The quantitative estimate of drug-likeness (QED) is 0.423. The van der Waals surface area contributed by atoms with Gasteiger partial charge in [0.15, 0.2) is 6.29 Å². The molecule has 1 rings (SSSR count). The standard InChI is InChI=1S/C12H13NO4/c1-2-17-12(16)6-5-11(9-15)13-7-3-4-10(13)8-14/h3-4,7-8H,2,5-6H2,1H3. The van der Waals surface area contributed by atoms with Gasteiger partial charge in [-0.2, -0.15) is 0 Å². The zero-order valence-electron chi connectivity index (χ0n) is 9.51. The van der Waals surface area contributed by atoms with Crippen molar-refractivity contribution in [1.29, 1.82) is 0 Å². The van der Waals surface area contributed by atoms with Gasteiger partial charge < -0.3 is 9.30 Å². The first-order valence-corrected chi connectivity index (χ1v) is 5.25. The number of aldehydes is 1. The second kappa shape index (κ2) is 6.45. The van der Waals surface area contributed by atoms with Crippen molar-refractivity contribution in [3.63, 3.8) is 0 Å². The Morgan fingerprint density at radius 2 is 2.29 bits per heavy atom. The SMILES string of the molecule is CCOC(=O)CCC(=C=O)n1cccc1C=O. The monoisotopic (exact) mass is 235 g/mol. The van der Waals surface area contributed by atoms with E-state index in [9.17, 15) is 14.4 Å². The van der Waals surface area contributed by atoms with Gasteiger partial charge in [0.1, 0.15) is 11.6 Å². The van der Waals surface area contributed by atoms with E-state index < -0.39 is 0 Å². The molecule has 0 bridgehead atoms. The molecule has 90 valence electrons. The lowest BCUT2D eigenvalue weighted by molar-refractivity contribution is -0.142. The van der Waals surface area contributed by atoms with Crippen LogP contribution in [0.2, 0.25) is 0 Å². The Kier molecular flexibility index (Phi) is 4.91. The highest BCUT2D eigenvalue weighted by Crippen LogP contribution is 2.12. The molecule has 0 aromatic carbocycles. The summed E-state index contributed by atoms with van der Waals surface area (Å²) in [5.74, 6) is 1.36. The molecule has 0 amide bonds. The van der Waals surface area contributed by atoms with Crippen LogP contribution in [0.25, 0.3) is 5.70 Å². The minimum absolute atomic E-state index is 0.0922. The highest BCUT2D eigenvalue weighted by Gasteiger charge is 2.09. The number of carbonyl (C=O) groups excluding carboxylic acids is 3. The number of nitrogens with zero attached hydrogens (tertiary/aromatic N) is 1. The van der Waals surface area contributed by atoms with Gasteiger partial charge >= 0.3 is 5.97 Å². The minimum atomic E-state index is -0.375. The van der Waals surface area contributed by atoms with E-state index in [0.29, 0.717) is 18.6 Å². The first-order valence-electron chi connectivity index (χ1n) is 5.25. The molecule has 0 aliphatic carbocycles. The van der Waals surface area contributed by atoms with E-state index in [1.807, 2.05) is 0 Å². The molecule has 0 radical (unpaired) electrons. The molecule has 5 heteroatoms. The van der Waals surface area contributed by atoms with Crippen LogP contribution in [0.15, 0.2) is 18.3 Å². The third-order valence-corrected chi connectivity index (χ3v) is 2.18. The lowest BCUT2D eigenvalue weighted by Gasteiger charge is -2.06. The summed E-state index contributed by atoms with van der Waals surface area (Å²) in [6.45, 7) is 2.02. The zero-order chi connectivity index (χ0) is 12.7. The fourth-order valence-corrected chi connectivity index (χ4v) is 1.41. The molecule has 1 aromatic rings. The van der Waals surface area contributed by atoms with E-state index in [1.54, 1.807) is 31.2 Å². The summed E-state index contributed by atoms with van der Waals surface area (Å²) >= 11 is 0. The molecule has 0 saturated carbocycles. The summed E-state index contributed by atoms with van der Waals surface area (Å²) < 4.78 is 6.17. The van der Waals surface area contributed by atoms with Crippen LogP contribution in [0.4, 0.5) is 0 Å². The van der Waals surface area contributed by atoms with Crippen molar-refractivity contribution in [1.82, 2.24) is 4.57 Å². The smallest absolute Gasteiger partial charge is 0.306 e. The van der Waals surface area contributed by atoms with Gasteiger partial charge in [0.2, 0.25) is 0 Å². The Bertz CT molecular complexity index is 455. The fraction of sp³-hybridized carbons (Fsp3) is 0.333. The number of rotatable bonds is 6. The highest BCUT2D eigenvalue weighted by molar-refractivity contribution is 5.84. The number of hydrogen-bond donors (Lipinski definition) is 0. The van der Waals surface area contributed by atoms with Gasteiger partial charge in [0.05, 0.1) is 18.7 Å². The summed E-state index contributed by atoms with van der Waals surface area (Å²) in [5, 5.41) is 0. The first-order chi connectivity index (χ1) is 8.22. The molecule has 1 aromatic heterocycles. The van der Waals surface area contributed by atoms with E-state index in [0.717, 1.165) is 0 Å². The fourth-order valence-electron chi connectivity index (χ4n) is 1.41. The second-order valence-corrected chi connectivity index (χ2v) is 3.27. The van der Waals surface area contributed by atoms with Crippen LogP contribution >= 0.6 is 0 Å². The molecule has 0 atom stereocenters. The number of esters is 1. The van der Waals surface area contributed by atoms with Gasteiger partial charge in [-0.15, -0.1) is 0 Å². The van der Waals surface area contributed by atoms with Gasteiger partial charge in [-0.1, -0.05) is 0 Å². The van der Waals surface area contributed by atoms with Crippen LogP contribution in [-0.4, -0.2) is 29.4 Å². The van der Waals surface area contributed by atoms with Crippen LogP contribution in [0.3, 0.4) is 0 Å². The number of ether oxygens (including phenoxy) is 1. The Balaban J connectivity index is 2.71. The van der Waals surface area contributed by atoms with Crippen molar-refractivity contribution in [2.24, 2.45) is 0 Å². The molecule has 0 unspecified atom stereocenters. The molecule has 17 heavy (non-hydrogen) atoms. The predicted molar refractivity (Wildman–Crippen MR) is 61.1 cm³/mol. The summed E-state index contributed by atoms with van der Waals surface area (Å²) in [6, 6.07) is 3.22. The third-order valence-electron chi connectivity index (χ3n) is 2.18. The van der Waals surface area contributed by atoms with Crippen LogP contribution < -0.4 is 0 Å². The number of allylic oxidation sites excluding steroid dienone is 1. The van der Waals surface area contributed by atoms with Crippen molar-refractivity contribution in [3.05, 3.63) is 24.0 Å². The average molecular weight is 235 g/mol. The van der Waals surface area contributed by atoms with E-state index in [2.05, 4.69) is 0 Å². The molecule has 0 aliphatic heterocycles. The normalized spacial score (nSPS) is 9.47. The number of aromatic nitrogens is 1. The minimum Gasteiger partial charge on any atom is -0.466 e. The van der Waals surface area contributed by atoms with E-state index in [1.165, 1.54) is 4.57 Å². The third kappa shape index (κ3) is 3.43. The Morgan fingerprint density at radius 1 is 1.53 bits per heavy atom. The molecule has 0 N–H and O–H groups in total.